The summed E-state index contributed by atoms with van der Waals surface area (Å²) in [5.41, 5.74) is 0.276. The Morgan fingerprint density at radius 3 is 1.89 bits per heavy atom. The fourth-order valence-corrected chi connectivity index (χ4v) is 5.27. The first kappa shape index (κ1) is 26.6. The number of benzene rings is 3. The summed E-state index contributed by atoms with van der Waals surface area (Å²) in [5.74, 6) is 1.13. The number of hydrogen-bond acceptors (Lipinski definition) is 9. The first-order chi connectivity index (χ1) is 18.3. The summed E-state index contributed by atoms with van der Waals surface area (Å²) in [6.07, 6.45) is 0. The van der Waals surface area contributed by atoms with Crippen molar-refractivity contribution in [2.75, 3.05) is 35.5 Å². The van der Waals surface area contributed by atoms with Crippen molar-refractivity contribution < 1.29 is 36.9 Å². The third-order valence-electron chi connectivity index (χ3n) is 5.79. The molecule has 0 saturated carbocycles. The predicted octanol–water partition coefficient (Wildman–Crippen LogP) is 4.18. The van der Waals surface area contributed by atoms with E-state index in [9.17, 15) is 13.2 Å². The summed E-state index contributed by atoms with van der Waals surface area (Å²) in [5, 5.41) is -0.354. The molecule has 3 aromatic carbocycles. The lowest BCUT2D eigenvalue weighted by molar-refractivity contribution is 0.103. The Balaban J connectivity index is 1.94. The standard InChI is InChI=1S/C27H26N2O8S/c1-33-19-12-11-16(13-20(19)34-2)26-28-23(27(29-26)38(31,32)18-9-7-6-8-10-18)24(30)17-14-21(35-3)25(37-5)22(15-17)36-4/h6-15H,1-5H3,(H,28,29). The zero-order chi connectivity index (χ0) is 27.4. The molecule has 4 rings (SSSR count). The molecule has 0 aliphatic rings. The maximum atomic E-state index is 13.8. The highest BCUT2D eigenvalue weighted by Gasteiger charge is 2.31. The Labute approximate surface area is 220 Å². The number of hydrogen-bond donors (Lipinski definition) is 1. The van der Waals surface area contributed by atoms with Gasteiger partial charge in [-0.1, -0.05) is 18.2 Å². The smallest absolute Gasteiger partial charge is 0.224 e. The van der Waals surface area contributed by atoms with E-state index < -0.39 is 15.6 Å². The summed E-state index contributed by atoms with van der Waals surface area (Å²) >= 11 is 0. The van der Waals surface area contributed by atoms with Crippen molar-refractivity contribution in [3.63, 3.8) is 0 Å². The maximum absolute atomic E-state index is 13.8. The van der Waals surface area contributed by atoms with E-state index in [1.54, 1.807) is 36.4 Å². The molecule has 1 aromatic heterocycles. The van der Waals surface area contributed by atoms with Gasteiger partial charge in [0.05, 0.1) is 40.4 Å². The maximum Gasteiger partial charge on any atom is 0.224 e. The Kier molecular flexibility index (Phi) is 7.58. The number of rotatable bonds is 10. The van der Waals surface area contributed by atoms with Crippen LogP contribution < -0.4 is 23.7 Å². The van der Waals surface area contributed by atoms with Gasteiger partial charge >= 0.3 is 0 Å². The summed E-state index contributed by atoms with van der Waals surface area (Å²) in [4.78, 5) is 21.1. The molecule has 0 saturated heterocycles. The van der Waals surface area contributed by atoms with Crippen LogP contribution in [0.3, 0.4) is 0 Å². The van der Waals surface area contributed by atoms with Crippen LogP contribution in [0.15, 0.2) is 70.6 Å². The number of aromatic nitrogens is 2. The molecule has 0 radical (unpaired) electrons. The Morgan fingerprint density at radius 2 is 1.34 bits per heavy atom. The Morgan fingerprint density at radius 1 is 0.737 bits per heavy atom. The van der Waals surface area contributed by atoms with Crippen molar-refractivity contribution >= 4 is 15.6 Å². The van der Waals surface area contributed by atoms with Gasteiger partial charge < -0.3 is 28.7 Å². The average Bonchev–Trinajstić information content (AvgIpc) is 3.42. The number of ketones is 1. The molecule has 198 valence electrons. The van der Waals surface area contributed by atoms with Crippen LogP contribution in [-0.2, 0) is 9.84 Å². The van der Waals surface area contributed by atoms with Crippen molar-refractivity contribution in [1.29, 1.82) is 0 Å². The van der Waals surface area contributed by atoms with E-state index in [0.717, 1.165) is 0 Å². The Hall–Kier alpha value is -4.51. The van der Waals surface area contributed by atoms with Crippen LogP contribution in [-0.4, -0.2) is 59.7 Å². The lowest BCUT2D eigenvalue weighted by Gasteiger charge is -2.13. The van der Waals surface area contributed by atoms with Crippen molar-refractivity contribution in [3.05, 3.63) is 71.9 Å². The van der Waals surface area contributed by atoms with Crippen LogP contribution in [0.25, 0.3) is 11.4 Å². The molecule has 0 spiro atoms. The van der Waals surface area contributed by atoms with Crippen LogP contribution in [0.1, 0.15) is 16.1 Å². The lowest BCUT2D eigenvalue weighted by atomic mass is 10.1. The third-order valence-corrected chi connectivity index (χ3v) is 7.52. The van der Waals surface area contributed by atoms with Crippen LogP contribution in [0.2, 0.25) is 0 Å². The Bertz CT molecular complexity index is 1560. The molecule has 1 N–H and O–H groups in total. The summed E-state index contributed by atoms with van der Waals surface area (Å²) in [6.45, 7) is 0. The van der Waals surface area contributed by atoms with Gasteiger partial charge in [-0.05, 0) is 42.5 Å². The van der Waals surface area contributed by atoms with Gasteiger partial charge in [-0.3, -0.25) is 4.79 Å². The largest absolute Gasteiger partial charge is 0.493 e. The number of imidazole rings is 1. The highest BCUT2D eigenvalue weighted by molar-refractivity contribution is 7.91. The van der Waals surface area contributed by atoms with Crippen molar-refractivity contribution in [3.8, 4) is 40.1 Å². The van der Waals surface area contributed by atoms with Gasteiger partial charge in [-0.25, -0.2) is 13.4 Å². The molecule has 0 atom stereocenters. The molecule has 0 fully saturated rings. The molecule has 0 amide bonds. The van der Waals surface area contributed by atoms with Crippen molar-refractivity contribution in [1.82, 2.24) is 9.97 Å². The second-order valence-electron chi connectivity index (χ2n) is 7.89. The van der Waals surface area contributed by atoms with Crippen molar-refractivity contribution in [2.24, 2.45) is 0 Å². The molecule has 0 bridgehead atoms. The second-order valence-corrected chi connectivity index (χ2v) is 9.78. The molecular weight excluding hydrogens is 512 g/mol. The molecule has 0 aliphatic carbocycles. The van der Waals surface area contributed by atoms with Gasteiger partial charge in [0, 0.05) is 11.1 Å². The summed E-state index contributed by atoms with van der Waals surface area (Å²) in [6, 6.07) is 15.6. The first-order valence-electron chi connectivity index (χ1n) is 11.3. The predicted molar refractivity (Wildman–Crippen MR) is 139 cm³/mol. The van der Waals surface area contributed by atoms with E-state index in [-0.39, 0.29) is 44.3 Å². The number of carbonyl (C=O) groups is 1. The number of sulfone groups is 1. The molecule has 1 heterocycles. The number of ether oxygens (including phenoxy) is 5. The highest BCUT2D eigenvalue weighted by Crippen LogP contribution is 2.39. The van der Waals surface area contributed by atoms with Crippen LogP contribution in [0.4, 0.5) is 0 Å². The minimum atomic E-state index is -4.16. The normalized spacial score (nSPS) is 11.1. The van der Waals surface area contributed by atoms with E-state index in [1.165, 1.54) is 59.8 Å². The molecule has 38 heavy (non-hydrogen) atoms. The number of nitrogens with one attached hydrogen (secondary N) is 1. The third kappa shape index (κ3) is 4.75. The topological polar surface area (TPSA) is 126 Å². The summed E-state index contributed by atoms with van der Waals surface area (Å²) < 4.78 is 54.1. The van der Waals surface area contributed by atoms with E-state index in [4.69, 9.17) is 23.7 Å². The van der Waals surface area contributed by atoms with Crippen molar-refractivity contribution in [2.45, 2.75) is 9.92 Å². The van der Waals surface area contributed by atoms with E-state index in [2.05, 4.69) is 9.97 Å². The van der Waals surface area contributed by atoms with E-state index in [0.29, 0.717) is 17.1 Å². The van der Waals surface area contributed by atoms with Crippen LogP contribution in [0, 0.1) is 0 Å². The van der Waals surface area contributed by atoms with Gasteiger partial charge in [-0.2, -0.15) is 0 Å². The zero-order valence-electron chi connectivity index (χ0n) is 21.4. The number of H-pyrrole nitrogens is 1. The number of nitrogens with zero attached hydrogens (tertiary/aromatic N) is 1. The quantitative estimate of drug-likeness (QED) is 0.296. The minimum Gasteiger partial charge on any atom is -0.493 e. The fourth-order valence-electron chi connectivity index (χ4n) is 3.89. The molecule has 4 aromatic rings. The minimum absolute atomic E-state index is 0.00135. The lowest BCUT2D eigenvalue weighted by Crippen LogP contribution is -2.11. The fraction of sp³-hybridized carbons (Fsp3) is 0.185. The molecule has 0 unspecified atom stereocenters. The van der Waals surface area contributed by atoms with E-state index >= 15 is 0 Å². The highest BCUT2D eigenvalue weighted by atomic mass is 32.2. The van der Waals surface area contributed by atoms with Gasteiger partial charge in [0.25, 0.3) is 0 Å². The SMILES string of the molecule is COc1ccc(-c2nc(C(=O)c3cc(OC)c(OC)c(OC)c3)c(S(=O)(=O)c3ccccc3)[nH]2)cc1OC. The number of aromatic amines is 1. The number of carbonyl (C=O) groups excluding carboxylic acids is 1. The van der Waals surface area contributed by atoms with Gasteiger partial charge in [0.1, 0.15) is 11.5 Å². The second kappa shape index (κ2) is 10.9. The van der Waals surface area contributed by atoms with Crippen LogP contribution in [0.5, 0.6) is 28.7 Å². The molecular formula is C27H26N2O8S. The first-order valence-corrected chi connectivity index (χ1v) is 12.7. The monoisotopic (exact) mass is 538 g/mol. The number of methoxy groups -OCH3 is 5. The van der Waals surface area contributed by atoms with E-state index in [1.807, 2.05) is 0 Å². The van der Waals surface area contributed by atoms with Gasteiger partial charge in [0.15, 0.2) is 28.0 Å². The van der Waals surface area contributed by atoms with Gasteiger partial charge in [0.2, 0.25) is 21.4 Å². The average molecular weight is 539 g/mol. The molecule has 0 aliphatic heterocycles. The zero-order valence-corrected chi connectivity index (χ0v) is 22.2. The molecule has 10 nitrogen and oxygen atoms in total. The van der Waals surface area contributed by atoms with Crippen LogP contribution >= 0.6 is 0 Å². The summed E-state index contributed by atoms with van der Waals surface area (Å²) in [7, 11) is 3.09. The van der Waals surface area contributed by atoms with Gasteiger partial charge in [-0.15, -0.1) is 0 Å². The molecule has 11 heteroatoms.